The summed E-state index contributed by atoms with van der Waals surface area (Å²) >= 11 is 6.20. The third-order valence-corrected chi connectivity index (χ3v) is 5.04. The summed E-state index contributed by atoms with van der Waals surface area (Å²) in [5.41, 5.74) is -0.198. The van der Waals surface area contributed by atoms with E-state index in [1.54, 1.807) is 13.0 Å². The van der Waals surface area contributed by atoms with E-state index in [9.17, 15) is 26.7 Å². The highest BCUT2D eigenvalue weighted by atomic mass is 35.5. The standard InChI is InChI=1S/C22H16ClF5N2O/c1-11-6-18(25)19(10-16(11)14-7-15(24)5-12(2)17(23)8-14)30-21(31)13-3-4-29-20(9-13)22(26,27)28/h3-4,6-10,17H,2,5H2,1H3,(H,30,31). The topological polar surface area (TPSA) is 42.0 Å². The molecule has 3 nitrogen and oxygen atoms in total. The Kier molecular flexibility index (Phi) is 6.31. The van der Waals surface area contributed by atoms with Gasteiger partial charge in [-0.1, -0.05) is 12.7 Å². The molecular formula is C22H16ClF5N2O. The lowest BCUT2D eigenvalue weighted by Crippen LogP contribution is -2.16. The van der Waals surface area contributed by atoms with Crippen LogP contribution in [0.4, 0.5) is 27.6 Å². The number of rotatable bonds is 3. The van der Waals surface area contributed by atoms with Gasteiger partial charge < -0.3 is 5.32 Å². The highest BCUT2D eigenvalue weighted by Crippen LogP contribution is 2.34. The fourth-order valence-corrected chi connectivity index (χ4v) is 3.24. The molecule has 0 bridgehead atoms. The molecule has 31 heavy (non-hydrogen) atoms. The van der Waals surface area contributed by atoms with Gasteiger partial charge >= 0.3 is 6.18 Å². The number of amides is 1. The Balaban J connectivity index is 1.97. The van der Waals surface area contributed by atoms with Crippen molar-refractivity contribution in [1.82, 2.24) is 4.98 Å². The SMILES string of the molecule is C=C1CC(F)=CC(c2cc(NC(=O)c3ccnc(C(F)(F)F)c3)c(F)cc2C)=CC1Cl. The van der Waals surface area contributed by atoms with Gasteiger partial charge in [-0.2, -0.15) is 13.2 Å². The number of pyridine rings is 1. The van der Waals surface area contributed by atoms with Crippen LogP contribution in [-0.2, 0) is 6.18 Å². The van der Waals surface area contributed by atoms with Gasteiger partial charge in [0.1, 0.15) is 17.3 Å². The van der Waals surface area contributed by atoms with Gasteiger partial charge in [-0.15, -0.1) is 11.6 Å². The number of aryl methyl sites for hydroxylation is 1. The van der Waals surface area contributed by atoms with Gasteiger partial charge in [-0.3, -0.25) is 9.78 Å². The molecule has 9 heteroatoms. The van der Waals surface area contributed by atoms with Crippen molar-refractivity contribution in [3.8, 4) is 0 Å². The van der Waals surface area contributed by atoms with Crippen LogP contribution in [0.25, 0.3) is 5.57 Å². The molecule has 1 heterocycles. The molecule has 1 unspecified atom stereocenters. The predicted molar refractivity (Wildman–Crippen MR) is 109 cm³/mol. The van der Waals surface area contributed by atoms with E-state index in [2.05, 4.69) is 16.9 Å². The molecule has 0 aliphatic heterocycles. The molecular weight excluding hydrogens is 439 g/mol. The number of anilines is 1. The van der Waals surface area contributed by atoms with Crippen molar-refractivity contribution in [3.63, 3.8) is 0 Å². The second-order valence-electron chi connectivity index (χ2n) is 6.98. The molecule has 1 aliphatic carbocycles. The van der Waals surface area contributed by atoms with E-state index in [1.165, 1.54) is 12.1 Å². The van der Waals surface area contributed by atoms with E-state index in [4.69, 9.17) is 11.6 Å². The summed E-state index contributed by atoms with van der Waals surface area (Å²) in [7, 11) is 0. The van der Waals surface area contributed by atoms with Gasteiger partial charge in [-0.05, 0) is 59.5 Å². The molecule has 1 atom stereocenters. The first-order chi connectivity index (χ1) is 14.5. The average Bonchev–Trinajstić information content (AvgIpc) is 2.80. The van der Waals surface area contributed by atoms with Crippen molar-refractivity contribution >= 4 is 28.8 Å². The van der Waals surface area contributed by atoms with E-state index < -0.39 is 34.8 Å². The number of allylic oxidation sites excluding steroid dienone is 5. The van der Waals surface area contributed by atoms with Crippen molar-refractivity contribution in [2.75, 3.05) is 5.32 Å². The molecule has 1 N–H and O–H groups in total. The minimum absolute atomic E-state index is 0.0401. The van der Waals surface area contributed by atoms with Crippen LogP contribution in [0.15, 0.2) is 60.6 Å². The zero-order valence-electron chi connectivity index (χ0n) is 16.2. The maximum atomic E-state index is 14.5. The van der Waals surface area contributed by atoms with Crippen LogP contribution >= 0.6 is 11.6 Å². The number of halogens is 6. The zero-order chi connectivity index (χ0) is 22.9. The summed E-state index contributed by atoms with van der Waals surface area (Å²) in [5.74, 6) is -2.24. The molecule has 0 fully saturated rings. The molecule has 162 valence electrons. The normalized spacial score (nSPS) is 17.0. The molecule has 0 spiro atoms. The number of alkyl halides is 4. The van der Waals surface area contributed by atoms with Gasteiger partial charge in [-0.25, -0.2) is 8.78 Å². The quantitative estimate of drug-likeness (QED) is 0.322. The average molecular weight is 455 g/mol. The summed E-state index contributed by atoms with van der Waals surface area (Å²) in [4.78, 5) is 15.6. The van der Waals surface area contributed by atoms with E-state index in [1.807, 2.05) is 0 Å². The highest BCUT2D eigenvalue weighted by molar-refractivity contribution is 6.24. The lowest BCUT2D eigenvalue weighted by molar-refractivity contribution is -0.141. The minimum Gasteiger partial charge on any atom is -0.319 e. The maximum absolute atomic E-state index is 14.5. The lowest BCUT2D eigenvalue weighted by Gasteiger charge is -2.14. The van der Waals surface area contributed by atoms with Crippen LogP contribution in [0.2, 0.25) is 0 Å². The van der Waals surface area contributed by atoms with Gasteiger partial charge in [0.25, 0.3) is 5.91 Å². The Morgan fingerprint density at radius 3 is 2.65 bits per heavy atom. The van der Waals surface area contributed by atoms with Crippen molar-refractivity contribution in [1.29, 1.82) is 0 Å². The molecule has 0 saturated heterocycles. The van der Waals surface area contributed by atoms with Crippen molar-refractivity contribution < 1.29 is 26.7 Å². The Labute approximate surface area is 179 Å². The van der Waals surface area contributed by atoms with E-state index >= 15 is 0 Å². The zero-order valence-corrected chi connectivity index (χ0v) is 16.9. The molecule has 1 amide bonds. The number of carbonyl (C=O) groups excluding carboxylic acids is 1. The van der Waals surface area contributed by atoms with E-state index in [0.29, 0.717) is 28.3 Å². The Morgan fingerprint density at radius 1 is 1.26 bits per heavy atom. The number of carbonyl (C=O) groups is 1. The Hall–Kier alpha value is -3.00. The van der Waals surface area contributed by atoms with Gasteiger partial charge in [0.2, 0.25) is 0 Å². The molecule has 1 aliphatic rings. The van der Waals surface area contributed by atoms with Crippen molar-refractivity contribution in [2.24, 2.45) is 0 Å². The maximum Gasteiger partial charge on any atom is 0.433 e. The first kappa shape index (κ1) is 22.7. The second kappa shape index (κ2) is 8.63. The first-order valence-corrected chi connectivity index (χ1v) is 9.44. The van der Waals surface area contributed by atoms with E-state index in [0.717, 1.165) is 18.3 Å². The third-order valence-electron chi connectivity index (χ3n) is 4.61. The Morgan fingerprint density at radius 2 is 1.97 bits per heavy atom. The molecule has 2 aromatic rings. The number of aromatic nitrogens is 1. The highest BCUT2D eigenvalue weighted by Gasteiger charge is 2.33. The number of nitrogens with one attached hydrogen (secondary N) is 1. The number of hydrogen-bond donors (Lipinski definition) is 1. The third kappa shape index (κ3) is 5.19. The first-order valence-electron chi connectivity index (χ1n) is 9.00. The summed E-state index contributed by atoms with van der Waals surface area (Å²) in [6.45, 7) is 5.32. The van der Waals surface area contributed by atoms with Gasteiger partial charge in [0, 0.05) is 18.2 Å². The second-order valence-corrected chi connectivity index (χ2v) is 7.45. The summed E-state index contributed by atoms with van der Waals surface area (Å²) in [5, 5.41) is 1.60. The van der Waals surface area contributed by atoms with Crippen LogP contribution in [-0.4, -0.2) is 16.3 Å². The monoisotopic (exact) mass is 454 g/mol. The number of nitrogens with zero attached hydrogens (tertiary/aromatic N) is 1. The van der Waals surface area contributed by atoms with Crippen LogP contribution in [0.1, 0.15) is 33.6 Å². The van der Waals surface area contributed by atoms with Crippen LogP contribution < -0.4 is 5.32 Å². The molecule has 1 aromatic heterocycles. The minimum atomic E-state index is -4.73. The fourth-order valence-electron chi connectivity index (χ4n) is 3.03. The lowest BCUT2D eigenvalue weighted by atomic mass is 9.98. The predicted octanol–water partition coefficient (Wildman–Crippen LogP) is 6.60. The van der Waals surface area contributed by atoms with Gasteiger partial charge in [0.15, 0.2) is 0 Å². The van der Waals surface area contributed by atoms with Crippen molar-refractivity contribution in [2.45, 2.75) is 24.9 Å². The van der Waals surface area contributed by atoms with Crippen molar-refractivity contribution in [3.05, 3.63) is 88.8 Å². The molecule has 0 radical (unpaired) electrons. The Bertz CT molecular complexity index is 1120. The van der Waals surface area contributed by atoms with E-state index in [-0.39, 0.29) is 17.7 Å². The number of hydrogen-bond acceptors (Lipinski definition) is 2. The molecule has 3 rings (SSSR count). The number of benzene rings is 1. The summed E-state index contributed by atoms with van der Waals surface area (Å²) in [6, 6.07) is 4.06. The van der Waals surface area contributed by atoms with Crippen LogP contribution in [0.3, 0.4) is 0 Å². The van der Waals surface area contributed by atoms with Crippen LogP contribution in [0, 0.1) is 12.7 Å². The summed E-state index contributed by atoms with van der Waals surface area (Å²) < 4.78 is 67.1. The molecule has 0 saturated carbocycles. The largest absolute Gasteiger partial charge is 0.433 e. The molecule has 1 aromatic carbocycles. The fraction of sp³-hybridized carbons (Fsp3) is 0.182. The van der Waals surface area contributed by atoms with Crippen LogP contribution in [0.5, 0.6) is 0 Å². The summed E-state index contributed by atoms with van der Waals surface area (Å²) in [6.07, 6.45) is -1.13. The smallest absolute Gasteiger partial charge is 0.319 e. The van der Waals surface area contributed by atoms with Gasteiger partial charge in [0.05, 0.1) is 11.1 Å².